The molecule has 0 aliphatic carbocycles. The summed E-state index contributed by atoms with van der Waals surface area (Å²) in [4.78, 5) is 0. The second kappa shape index (κ2) is 8.35. The molecule has 0 radical (unpaired) electrons. The third-order valence-electron chi connectivity index (χ3n) is 6.36. The van der Waals surface area contributed by atoms with Gasteiger partial charge in [0, 0.05) is 37.7 Å². The van der Waals surface area contributed by atoms with Crippen LogP contribution in [0.5, 0.6) is 0 Å². The third kappa shape index (κ3) is 3.91. The Kier molecular flexibility index (Phi) is 6.02. The molecule has 0 atom stereocenters. The van der Waals surface area contributed by atoms with Crippen molar-refractivity contribution in [3.05, 3.63) is 47.0 Å². The summed E-state index contributed by atoms with van der Waals surface area (Å²) in [5.74, 6) is 0.702. The lowest BCUT2D eigenvalue weighted by atomic mass is 9.79. The van der Waals surface area contributed by atoms with E-state index in [9.17, 15) is 0 Å². The Labute approximate surface area is 194 Å². The Morgan fingerprint density at radius 1 is 1.06 bits per heavy atom. The van der Waals surface area contributed by atoms with Crippen molar-refractivity contribution in [2.75, 3.05) is 19.5 Å². The van der Waals surface area contributed by atoms with Crippen molar-refractivity contribution in [2.24, 2.45) is 7.05 Å². The quantitative estimate of drug-likeness (QED) is 0.432. The highest BCUT2D eigenvalue weighted by atomic mass is 35.5. The number of nitrogens with zero attached hydrogens (tertiary/aromatic N) is 2. The van der Waals surface area contributed by atoms with Gasteiger partial charge in [0.15, 0.2) is 12.1 Å². The lowest BCUT2D eigenvalue weighted by Gasteiger charge is -2.32. The van der Waals surface area contributed by atoms with E-state index in [2.05, 4.69) is 10.4 Å². The Hall–Kier alpha value is -2.10. The van der Waals surface area contributed by atoms with Crippen LogP contribution in [-0.2, 0) is 25.8 Å². The average molecular weight is 458 g/mol. The monoisotopic (exact) mass is 457 g/mol. The van der Waals surface area contributed by atoms with Crippen molar-refractivity contribution in [2.45, 2.75) is 45.2 Å². The standard InChI is InChI=1S/C23H29BClN3O4/c1-22(2)23(3,4)32-24(31-22)16-9-8-10-17(19(16)25)26-20-15-12-11-14(21(29-6)30-7)13-18(15)28(5)27-20/h8-13,21H,1-7H3,(H,26,27). The summed E-state index contributed by atoms with van der Waals surface area (Å²) in [6.45, 7) is 8.09. The Bertz CT molecular complexity index is 1130. The van der Waals surface area contributed by atoms with Crippen LogP contribution >= 0.6 is 11.6 Å². The second-order valence-electron chi connectivity index (χ2n) is 8.97. The molecule has 1 aromatic heterocycles. The Morgan fingerprint density at radius 2 is 1.72 bits per heavy atom. The first-order valence-corrected chi connectivity index (χ1v) is 10.9. The summed E-state index contributed by atoms with van der Waals surface area (Å²) >= 11 is 6.80. The molecule has 32 heavy (non-hydrogen) atoms. The molecule has 0 bridgehead atoms. The number of halogens is 1. The molecule has 3 aromatic rings. The van der Waals surface area contributed by atoms with Crippen LogP contribution in [0.1, 0.15) is 39.5 Å². The minimum atomic E-state index is -0.544. The molecule has 170 valence electrons. The van der Waals surface area contributed by atoms with Crippen LogP contribution in [0.2, 0.25) is 5.02 Å². The molecule has 1 aliphatic rings. The highest BCUT2D eigenvalue weighted by Gasteiger charge is 2.52. The van der Waals surface area contributed by atoms with Gasteiger partial charge < -0.3 is 24.1 Å². The first-order valence-electron chi connectivity index (χ1n) is 10.5. The summed E-state index contributed by atoms with van der Waals surface area (Å²) in [6, 6.07) is 11.7. The zero-order valence-electron chi connectivity index (χ0n) is 19.5. The van der Waals surface area contributed by atoms with Crippen LogP contribution in [0.15, 0.2) is 36.4 Å². The first kappa shape index (κ1) is 23.1. The lowest BCUT2D eigenvalue weighted by molar-refractivity contribution is -0.105. The van der Waals surface area contributed by atoms with Crippen molar-refractivity contribution in [3.63, 3.8) is 0 Å². The molecule has 0 spiro atoms. The van der Waals surface area contributed by atoms with Crippen LogP contribution in [-0.4, -0.2) is 42.3 Å². The van der Waals surface area contributed by atoms with E-state index in [1.165, 1.54) is 0 Å². The van der Waals surface area contributed by atoms with Gasteiger partial charge in [-0.3, -0.25) is 4.68 Å². The Morgan fingerprint density at radius 3 is 2.34 bits per heavy atom. The van der Waals surface area contributed by atoms with Crippen LogP contribution in [0.25, 0.3) is 10.9 Å². The summed E-state index contributed by atoms with van der Waals surface area (Å²) in [7, 11) is 4.58. The zero-order valence-corrected chi connectivity index (χ0v) is 20.3. The van der Waals surface area contributed by atoms with E-state index in [1.807, 2.05) is 75.8 Å². The number of methoxy groups -OCH3 is 2. The van der Waals surface area contributed by atoms with Gasteiger partial charge in [0.2, 0.25) is 0 Å². The number of rotatable bonds is 6. The molecule has 0 amide bonds. The topological polar surface area (TPSA) is 66.8 Å². The number of hydrogen-bond acceptors (Lipinski definition) is 6. The molecule has 1 aliphatic heterocycles. The van der Waals surface area contributed by atoms with E-state index >= 15 is 0 Å². The van der Waals surface area contributed by atoms with Gasteiger partial charge in [0.1, 0.15) is 0 Å². The molecule has 2 aromatic carbocycles. The van der Waals surface area contributed by atoms with E-state index in [1.54, 1.807) is 14.2 Å². The van der Waals surface area contributed by atoms with Gasteiger partial charge in [-0.2, -0.15) is 5.10 Å². The summed E-state index contributed by atoms with van der Waals surface area (Å²) < 4.78 is 24.9. The summed E-state index contributed by atoms with van der Waals surface area (Å²) in [5.41, 5.74) is 2.49. The molecule has 4 rings (SSSR count). The maximum Gasteiger partial charge on any atom is 0.496 e. The molecule has 7 nitrogen and oxygen atoms in total. The van der Waals surface area contributed by atoms with Crippen LogP contribution in [0.3, 0.4) is 0 Å². The molecule has 0 unspecified atom stereocenters. The minimum Gasteiger partial charge on any atom is -0.399 e. The van der Waals surface area contributed by atoms with Gasteiger partial charge >= 0.3 is 7.12 Å². The van der Waals surface area contributed by atoms with Crippen molar-refractivity contribution in [1.29, 1.82) is 0 Å². The number of fused-ring (bicyclic) bond motifs is 1. The van der Waals surface area contributed by atoms with E-state index in [0.717, 1.165) is 27.6 Å². The van der Waals surface area contributed by atoms with Crippen LogP contribution < -0.4 is 10.8 Å². The van der Waals surface area contributed by atoms with Gasteiger partial charge in [0.05, 0.1) is 27.4 Å². The molecule has 0 saturated carbocycles. The fourth-order valence-electron chi connectivity index (χ4n) is 3.81. The van der Waals surface area contributed by atoms with Gasteiger partial charge in [-0.1, -0.05) is 29.8 Å². The Balaban J connectivity index is 1.66. The molecular formula is C23H29BClN3O4. The largest absolute Gasteiger partial charge is 0.496 e. The molecule has 1 N–H and O–H groups in total. The average Bonchev–Trinajstić information content (AvgIpc) is 3.16. The number of anilines is 2. The number of aromatic nitrogens is 2. The van der Waals surface area contributed by atoms with E-state index in [0.29, 0.717) is 10.8 Å². The van der Waals surface area contributed by atoms with Gasteiger partial charge in [-0.15, -0.1) is 0 Å². The number of aryl methyl sites for hydroxylation is 1. The number of hydrogen-bond donors (Lipinski definition) is 1. The summed E-state index contributed by atoms with van der Waals surface area (Å²) in [6.07, 6.45) is -0.434. The number of nitrogens with one attached hydrogen (secondary N) is 1. The van der Waals surface area contributed by atoms with Crippen LogP contribution in [0, 0.1) is 0 Å². The smallest absolute Gasteiger partial charge is 0.399 e. The SMILES string of the molecule is COC(OC)c1ccc2c(Nc3cccc(B4OC(C)(C)C(C)(C)O4)c3Cl)nn(C)c2c1. The van der Waals surface area contributed by atoms with E-state index in [4.69, 9.17) is 30.4 Å². The molecule has 1 fully saturated rings. The van der Waals surface area contributed by atoms with Crippen molar-refractivity contribution in [1.82, 2.24) is 9.78 Å². The predicted molar refractivity (Wildman–Crippen MR) is 128 cm³/mol. The normalized spacial score (nSPS) is 17.5. The fraction of sp³-hybridized carbons (Fsp3) is 0.435. The van der Waals surface area contributed by atoms with Crippen LogP contribution in [0.4, 0.5) is 11.5 Å². The number of benzene rings is 2. The van der Waals surface area contributed by atoms with Crippen molar-refractivity contribution in [3.8, 4) is 0 Å². The van der Waals surface area contributed by atoms with Crippen molar-refractivity contribution >= 4 is 46.6 Å². The highest BCUT2D eigenvalue weighted by Crippen LogP contribution is 2.38. The van der Waals surface area contributed by atoms with E-state index in [-0.39, 0.29) is 0 Å². The maximum absolute atomic E-state index is 6.80. The fourth-order valence-corrected chi connectivity index (χ4v) is 4.07. The molecule has 2 heterocycles. The molecule has 1 saturated heterocycles. The van der Waals surface area contributed by atoms with Crippen molar-refractivity contribution < 1.29 is 18.8 Å². The van der Waals surface area contributed by atoms with Gasteiger partial charge in [0.25, 0.3) is 0 Å². The molecule has 9 heteroatoms. The predicted octanol–water partition coefficient (Wildman–Crippen LogP) is 4.56. The highest BCUT2D eigenvalue weighted by molar-refractivity contribution is 6.66. The third-order valence-corrected chi connectivity index (χ3v) is 6.79. The first-order chi connectivity index (χ1) is 15.1. The zero-order chi connectivity index (χ0) is 23.3. The molecular weight excluding hydrogens is 429 g/mol. The second-order valence-corrected chi connectivity index (χ2v) is 9.35. The maximum atomic E-state index is 6.80. The lowest BCUT2D eigenvalue weighted by Crippen LogP contribution is -2.41. The van der Waals surface area contributed by atoms with Gasteiger partial charge in [-0.25, -0.2) is 0 Å². The summed E-state index contributed by atoms with van der Waals surface area (Å²) in [5, 5.41) is 9.53. The number of ether oxygens (including phenoxy) is 2. The van der Waals surface area contributed by atoms with Gasteiger partial charge in [-0.05, 0) is 45.9 Å². The minimum absolute atomic E-state index is 0.434. The van der Waals surface area contributed by atoms with E-state index < -0.39 is 24.6 Å².